The summed E-state index contributed by atoms with van der Waals surface area (Å²) < 4.78 is 0. The number of aromatic hydroxyl groups is 1. The van der Waals surface area contributed by atoms with Crippen molar-refractivity contribution in [1.29, 1.82) is 0 Å². The molecule has 1 N–H and O–H groups in total. The minimum absolute atomic E-state index is 0.00132. The Morgan fingerprint density at radius 2 is 1.72 bits per heavy atom. The third kappa shape index (κ3) is 4.37. The maximum Gasteiger partial charge on any atom is 0.270 e. The molecule has 1 amide bonds. The normalized spacial score (nSPS) is 14.5. The summed E-state index contributed by atoms with van der Waals surface area (Å²) in [5.41, 5.74) is 1.31. The fourth-order valence-electron chi connectivity index (χ4n) is 3.58. The van der Waals surface area contributed by atoms with Crippen molar-refractivity contribution < 1.29 is 19.6 Å². The highest BCUT2D eigenvalue weighted by Crippen LogP contribution is 2.28. The van der Waals surface area contributed by atoms with Crippen molar-refractivity contribution in [3.63, 3.8) is 0 Å². The monoisotopic (exact) mass is 397 g/mol. The lowest BCUT2D eigenvalue weighted by atomic mass is 9.88. The second-order valence-electron chi connectivity index (χ2n) is 7.33. The van der Waals surface area contributed by atoms with Crippen molar-refractivity contribution in [2.24, 2.45) is 5.92 Å². The number of rotatable bonds is 5. The first-order valence-electron chi connectivity index (χ1n) is 9.36. The first-order chi connectivity index (χ1) is 13.8. The van der Waals surface area contributed by atoms with Crippen molar-refractivity contribution in [1.82, 2.24) is 4.90 Å². The van der Waals surface area contributed by atoms with Gasteiger partial charge in [-0.05, 0) is 43.2 Å². The number of phenolic OH excluding ortho intramolecular Hbond substituents is 1. The van der Waals surface area contributed by atoms with E-state index in [0.717, 1.165) is 0 Å². The van der Waals surface area contributed by atoms with Crippen LogP contribution in [0.25, 0.3) is 0 Å². The highest BCUT2D eigenvalue weighted by Gasteiger charge is 2.30. The molecule has 2 aromatic carbocycles. The first-order valence-corrected chi connectivity index (χ1v) is 9.36. The zero-order valence-electron chi connectivity index (χ0n) is 16.4. The van der Waals surface area contributed by atoms with Gasteiger partial charge in [0.15, 0.2) is 5.78 Å². The predicted octanol–water partition coefficient (Wildman–Crippen LogP) is 3.10. The molecule has 0 radical (unpaired) electrons. The SMILES string of the molecule is CN(C)c1ccc([N+](=O)[O-])cc1C(=O)N1CCC(C(=O)c2ccc(O)cc2)CC1. The van der Waals surface area contributed by atoms with Crippen LogP contribution in [-0.4, -0.2) is 53.8 Å². The third-order valence-corrected chi connectivity index (χ3v) is 5.21. The molecule has 0 atom stereocenters. The summed E-state index contributed by atoms with van der Waals surface area (Å²) >= 11 is 0. The number of benzene rings is 2. The molecule has 0 aliphatic carbocycles. The summed E-state index contributed by atoms with van der Waals surface area (Å²) in [5.74, 6) is -0.355. The third-order valence-electron chi connectivity index (χ3n) is 5.21. The quantitative estimate of drug-likeness (QED) is 0.472. The minimum atomic E-state index is -0.515. The topological polar surface area (TPSA) is 104 Å². The average Bonchev–Trinajstić information content (AvgIpc) is 2.72. The number of nitrogens with zero attached hydrogens (tertiary/aromatic N) is 3. The van der Waals surface area contributed by atoms with Gasteiger partial charge in [-0.1, -0.05) is 0 Å². The van der Waals surface area contributed by atoms with Crippen LogP contribution in [0.2, 0.25) is 0 Å². The predicted molar refractivity (Wildman–Crippen MR) is 108 cm³/mol. The van der Waals surface area contributed by atoms with Crippen LogP contribution in [0.5, 0.6) is 5.75 Å². The number of carbonyl (C=O) groups is 2. The lowest BCUT2D eigenvalue weighted by Crippen LogP contribution is -2.40. The van der Waals surface area contributed by atoms with Crippen LogP contribution in [0.3, 0.4) is 0 Å². The molecule has 0 saturated carbocycles. The van der Waals surface area contributed by atoms with Gasteiger partial charge >= 0.3 is 0 Å². The van der Waals surface area contributed by atoms with Gasteiger partial charge in [0.2, 0.25) is 0 Å². The van der Waals surface area contributed by atoms with E-state index in [1.807, 2.05) is 0 Å². The van der Waals surface area contributed by atoms with E-state index in [9.17, 15) is 24.8 Å². The number of amides is 1. The number of hydrogen-bond acceptors (Lipinski definition) is 6. The molecule has 8 nitrogen and oxygen atoms in total. The first kappa shape index (κ1) is 20.3. The molecule has 1 heterocycles. The van der Waals surface area contributed by atoms with E-state index < -0.39 is 4.92 Å². The lowest BCUT2D eigenvalue weighted by molar-refractivity contribution is -0.384. The standard InChI is InChI=1S/C21H23N3O5/c1-22(2)19-8-5-16(24(28)29)13-18(19)21(27)23-11-9-15(10-12-23)20(26)14-3-6-17(25)7-4-14/h3-8,13,15,25H,9-12H2,1-2H3. The van der Waals surface area contributed by atoms with Crippen molar-refractivity contribution >= 4 is 23.1 Å². The van der Waals surface area contributed by atoms with Crippen molar-refractivity contribution in [2.75, 3.05) is 32.1 Å². The Morgan fingerprint density at radius 3 is 2.28 bits per heavy atom. The summed E-state index contributed by atoms with van der Waals surface area (Å²) in [5, 5.41) is 20.5. The number of non-ortho nitro benzene ring substituents is 1. The molecule has 1 saturated heterocycles. The smallest absolute Gasteiger partial charge is 0.270 e. The Balaban J connectivity index is 1.73. The van der Waals surface area contributed by atoms with E-state index in [1.165, 1.54) is 24.3 Å². The van der Waals surface area contributed by atoms with Gasteiger partial charge in [-0.25, -0.2) is 0 Å². The van der Waals surface area contributed by atoms with Gasteiger partial charge in [0, 0.05) is 56.5 Å². The van der Waals surface area contributed by atoms with E-state index in [2.05, 4.69) is 0 Å². The molecule has 29 heavy (non-hydrogen) atoms. The second-order valence-corrected chi connectivity index (χ2v) is 7.33. The molecule has 152 valence electrons. The summed E-state index contributed by atoms with van der Waals surface area (Å²) in [6.45, 7) is 0.811. The van der Waals surface area contributed by atoms with Crippen molar-refractivity contribution in [3.05, 3.63) is 63.7 Å². The van der Waals surface area contributed by atoms with Crippen molar-refractivity contribution in [3.8, 4) is 5.75 Å². The highest BCUT2D eigenvalue weighted by molar-refractivity contribution is 6.01. The number of nitro benzene ring substituents is 1. The van der Waals surface area contributed by atoms with Gasteiger partial charge < -0.3 is 14.9 Å². The number of carbonyl (C=O) groups excluding carboxylic acids is 2. The molecule has 3 rings (SSSR count). The van der Waals surface area contributed by atoms with Crippen LogP contribution in [-0.2, 0) is 0 Å². The number of Topliss-reactive ketones (excluding diaryl/α,β-unsaturated/α-hetero) is 1. The number of phenols is 1. The number of nitro groups is 1. The number of likely N-dealkylation sites (tertiary alicyclic amines) is 1. The molecule has 0 unspecified atom stereocenters. The van der Waals surface area contributed by atoms with E-state index in [1.54, 1.807) is 42.1 Å². The second kappa shape index (κ2) is 8.30. The number of anilines is 1. The fourth-order valence-corrected chi connectivity index (χ4v) is 3.58. The van der Waals surface area contributed by atoms with Crippen molar-refractivity contribution in [2.45, 2.75) is 12.8 Å². The summed E-state index contributed by atoms with van der Waals surface area (Å²) in [6.07, 6.45) is 1.05. The van der Waals surface area contributed by atoms with Gasteiger partial charge in [0.05, 0.1) is 10.5 Å². The van der Waals surface area contributed by atoms with Gasteiger partial charge in [0.25, 0.3) is 11.6 Å². The Morgan fingerprint density at radius 1 is 1.10 bits per heavy atom. The minimum Gasteiger partial charge on any atom is -0.508 e. The molecule has 2 aromatic rings. The molecule has 1 aliphatic heterocycles. The summed E-state index contributed by atoms with van der Waals surface area (Å²) in [4.78, 5) is 39.7. The van der Waals surface area contributed by atoms with Crippen LogP contribution < -0.4 is 4.90 Å². The number of ketones is 1. The van der Waals surface area contributed by atoms with E-state index in [0.29, 0.717) is 37.2 Å². The van der Waals surface area contributed by atoms with E-state index in [4.69, 9.17) is 0 Å². The zero-order valence-corrected chi connectivity index (χ0v) is 16.4. The molecular formula is C21H23N3O5. The maximum atomic E-state index is 13.0. The average molecular weight is 397 g/mol. The molecule has 1 aliphatic rings. The van der Waals surface area contributed by atoms with Gasteiger partial charge in [-0.15, -0.1) is 0 Å². The van der Waals surface area contributed by atoms with Crippen LogP contribution >= 0.6 is 0 Å². The fraction of sp³-hybridized carbons (Fsp3) is 0.333. The molecule has 0 spiro atoms. The zero-order chi connectivity index (χ0) is 21.1. The van der Waals surface area contributed by atoms with E-state index in [-0.39, 0.29) is 34.6 Å². The molecule has 0 aromatic heterocycles. The number of piperidine rings is 1. The molecule has 0 bridgehead atoms. The van der Waals surface area contributed by atoms with Gasteiger partial charge in [0.1, 0.15) is 5.75 Å². The van der Waals surface area contributed by atoms with E-state index >= 15 is 0 Å². The van der Waals surface area contributed by atoms with Gasteiger partial charge in [-0.3, -0.25) is 19.7 Å². The Kier molecular flexibility index (Phi) is 5.81. The maximum absolute atomic E-state index is 13.0. The highest BCUT2D eigenvalue weighted by atomic mass is 16.6. The summed E-state index contributed by atoms with van der Waals surface area (Å²) in [6, 6.07) is 10.4. The van der Waals surface area contributed by atoms with Crippen LogP contribution in [0.4, 0.5) is 11.4 Å². The van der Waals surface area contributed by atoms with Crippen LogP contribution in [0.1, 0.15) is 33.6 Å². The number of hydrogen-bond donors (Lipinski definition) is 1. The molecule has 8 heteroatoms. The summed E-state index contributed by atoms with van der Waals surface area (Å²) in [7, 11) is 3.56. The van der Waals surface area contributed by atoms with Crippen LogP contribution in [0, 0.1) is 16.0 Å². The lowest BCUT2D eigenvalue weighted by Gasteiger charge is -2.32. The van der Waals surface area contributed by atoms with Gasteiger partial charge in [-0.2, -0.15) is 0 Å². The largest absolute Gasteiger partial charge is 0.508 e. The Bertz CT molecular complexity index is 932. The Labute approximate surface area is 168 Å². The molecule has 1 fully saturated rings. The van der Waals surface area contributed by atoms with Crippen LogP contribution in [0.15, 0.2) is 42.5 Å². The Hall–Kier alpha value is -3.42. The molecular weight excluding hydrogens is 374 g/mol.